The van der Waals surface area contributed by atoms with Crippen LogP contribution in [0, 0.1) is 6.92 Å². The first kappa shape index (κ1) is 21.2. The SMILES string of the molecule is Cc1cc(Nc2ncnc3cnc(N4CC(C)(O)C4)nc23)ccc1Oc1ccc2c(c1)ncn2C. The summed E-state index contributed by atoms with van der Waals surface area (Å²) in [4.78, 5) is 24.1. The Labute approximate surface area is 201 Å². The third-order valence-electron chi connectivity index (χ3n) is 6.07. The molecule has 1 aliphatic rings. The van der Waals surface area contributed by atoms with Crippen LogP contribution in [0.2, 0.25) is 0 Å². The number of aliphatic hydroxyl groups is 1. The highest BCUT2D eigenvalue weighted by molar-refractivity contribution is 5.87. The van der Waals surface area contributed by atoms with E-state index in [2.05, 4.69) is 30.2 Å². The summed E-state index contributed by atoms with van der Waals surface area (Å²) in [7, 11) is 1.97. The smallest absolute Gasteiger partial charge is 0.226 e. The van der Waals surface area contributed by atoms with Crippen molar-refractivity contribution in [2.75, 3.05) is 23.3 Å². The third kappa shape index (κ3) is 3.97. The molecule has 10 heteroatoms. The second-order valence-electron chi connectivity index (χ2n) is 9.19. The summed E-state index contributed by atoms with van der Waals surface area (Å²) in [6.45, 7) is 4.77. The van der Waals surface area contributed by atoms with Gasteiger partial charge in [0.05, 0.1) is 42.2 Å². The Bertz CT molecular complexity index is 1570. The Morgan fingerprint density at radius 2 is 1.89 bits per heavy atom. The minimum atomic E-state index is -0.711. The molecular formula is C25H24N8O2. The van der Waals surface area contributed by atoms with E-state index in [4.69, 9.17) is 4.74 Å². The molecule has 0 radical (unpaired) electrons. The molecule has 0 atom stereocenters. The van der Waals surface area contributed by atoms with Crippen LogP contribution in [0.3, 0.4) is 0 Å². The number of aromatic nitrogens is 6. The van der Waals surface area contributed by atoms with Gasteiger partial charge >= 0.3 is 0 Å². The van der Waals surface area contributed by atoms with Crippen molar-refractivity contribution in [3.63, 3.8) is 0 Å². The number of β-amino-alcohol motifs (C(OH)–C–C–N with tert-alkyl or cyclic N) is 1. The van der Waals surface area contributed by atoms with Gasteiger partial charge < -0.3 is 24.6 Å². The highest BCUT2D eigenvalue weighted by Gasteiger charge is 2.38. The van der Waals surface area contributed by atoms with Crippen LogP contribution < -0.4 is 15.0 Å². The fourth-order valence-electron chi connectivity index (χ4n) is 4.29. The Morgan fingerprint density at radius 1 is 1.03 bits per heavy atom. The first-order chi connectivity index (χ1) is 16.8. The second kappa shape index (κ2) is 7.88. The molecule has 1 fully saturated rings. The van der Waals surface area contributed by atoms with Crippen molar-refractivity contribution in [1.82, 2.24) is 29.5 Å². The quantitative estimate of drug-likeness (QED) is 0.398. The maximum Gasteiger partial charge on any atom is 0.226 e. The van der Waals surface area contributed by atoms with Crippen molar-refractivity contribution in [2.24, 2.45) is 7.05 Å². The summed E-state index contributed by atoms with van der Waals surface area (Å²) in [5.74, 6) is 2.62. The Balaban J connectivity index is 1.24. The van der Waals surface area contributed by atoms with E-state index in [-0.39, 0.29) is 0 Å². The van der Waals surface area contributed by atoms with Crippen LogP contribution in [-0.4, -0.2) is 53.3 Å². The monoisotopic (exact) mass is 468 g/mol. The van der Waals surface area contributed by atoms with Gasteiger partial charge in [-0.05, 0) is 49.7 Å². The van der Waals surface area contributed by atoms with Crippen molar-refractivity contribution in [3.8, 4) is 11.5 Å². The van der Waals surface area contributed by atoms with Crippen molar-refractivity contribution < 1.29 is 9.84 Å². The number of nitrogens with one attached hydrogen (secondary N) is 1. The molecule has 1 aliphatic heterocycles. The van der Waals surface area contributed by atoms with Gasteiger partial charge in [0.15, 0.2) is 5.82 Å². The summed E-state index contributed by atoms with van der Waals surface area (Å²) >= 11 is 0. The van der Waals surface area contributed by atoms with E-state index in [0.29, 0.717) is 35.9 Å². The Morgan fingerprint density at radius 3 is 2.69 bits per heavy atom. The molecule has 5 aromatic rings. The van der Waals surface area contributed by atoms with Crippen molar-refractivity contribution in [1.29, 1.82) is 0 Å². The number of hydrogen-bond donors (Lipinski definition) is 2. The molecule has 4 heterocycles. The lowest BCUT2D eigenvalue weighted by molar-refractivity contribution is 0.0300. The van der Waals surface area contributed by atoms with Gasteiger partial charge in [0.25, 0.3) is 0 Å². The molecule has 35 heavy (non-hydrogen) atoms. The number of aryl methyl sites for hydroxylation is 2. The zero-order valence-corrected chi connectivity index (χ0v) is 19.6. The first-order valence-corrected chi connectivity index (χ1v) is 11.3. The average Bonchev–Trinajstić information content (AvgIpc) is 3.19. The molecule has 0 spiro atoms. The van der Waals surface area contributed by atoms with Crippen LogP contribution in [0.25, 0.3) is 22.1 Å². The molecule has 0 aliphatic carbocycles. The molecule has 3 aromatic heterocycles. The maximum atomic E-state index is 10.0. The van der Waals surface area contributed by atoms with Gasteiger partial charge in [-0.15, -0.1) is 0 Å². The van der Waals surface area contributed by atoms with Gasteiger partial charge in [0.1, 0.15) is 28.9 Å². The summed E-state index contributed by atoms with van der Waals surface area (Å²) in [6, 6.07) is 11.7. The van der Waals surface area contributed by atoms with E-state index in [1.807, 2.05) is 59.8 Å². The van der Waals surface area contributed by atoms with E-state index in [1.165, 1.54) is 6.33 Å². The van der Waals surface area contributed by atoms with Crippen molar-refractivity contribution in [3.05, 3.63) is 60.8 Å². The summed E-state index contributed by atoms with van der Waals surface area (Å²) in [6.07, 6.45) is 4.95. The van der Waals surface area contributed by atoms with Crippen LogP contribution in [0.1, 0.15) is 12.5 Å². The van der Waals surface area contributed by atoms with E-state index in [0.717, 1.165) is 33.8 Å². The lowest BCUT2D eigenvalue weighted by Crippen LogP contribution is -2.60. The number of imidazole rings is 1. The summed E-state index contributed by atoms with van der Waals surface area (Å²) < 4.78 is 8.11. The predicted molar refractivity (Wildman–Crippen MR) is 133 cm³/mol. The molecule has 0 amide bonds. The fraction of sp³-hybridized carbons (Fsp3) is 0.240. The minimum Gasteiger partial charge on any atom is -0.457 e. The average molecular weight is 469 g/mol. The number of fused-ring (bicyclic) bond motifs is 2. The van der Waals surface area contributed by atoms with Gasteiger partial charge in [0.2, 0.25) is 5.95 Å². The van der Waals surface area contributed by atoms with Gasteiger partial charge in [-0.3, -0.25) is 0 Å². The molecule has 0 unspecified atom stereocenters. The third-order valence-corrected chi connectivity index (χ3v) is 6.07. The van der Waals surface area contributed by atoms with Gasteiger partial charge in [-0.1, -0.05) is 0 Å². The predicted octanol–water partition coefficient (Wildman–Crippen LogP) is 3.72. The molecule has 2 aromatic carbocycles. The summed E-state index contributed by atoms with van der Waals surface area (Å²) in [5, 5.41) is 13.4. The minimum absolute atomic E-state index is 0.489. The maximum absolute atomic E-state index is 10.0. The molecule has 0 bridgehead atoms. The topological polar surface area (TPSA) is 114 Å². The zero-order valence-electron chi connectivity index (χ0n) is 19.6. The standard InChI is InChI=1S/C25H24N8O2/c1-15-8-16(4-7-21(15)35-17-5-6-20-18(9-17)29-14-32(20)3)30-23-22-19(27-13-28-23)10-26-24(31-22)33-11-25(2,34)12-33/h4-10,13-14,34H,11-12H2,1-3H3,(H,27,28,30). The molecule has 176 valence electrons. The number of nitrogens with zero attached hydrogens (tertiary/aromatic N) is 7. The number of anilines is 3. The van der Waals surface area contributed by atoms with Crippen LogP contribution in [0.15, 0.2) is 55.2 Å². The molecular weight excluding hydrogens is 444 g/mol. The van der Waals surface area contributed by atoms with Crippen molar-refractivity contribution >= 4 is 39.5 Å². The van der Waals surface area contributed by atoms with Crippen LogP contribution in [0.4, 0.5) is 17.5 Å². The number of benzene rings is 2. The fourth-order valence-corrected chi connectivity index (χ4v) is 4.29. The summed E-state index contributed by atoms with van der Waals surface area (Å²) in [5.41, 5.74) is 4.30. The van der Waals surface area contributed by atoms with Gasteiger partial charge in [0, 0.05) is 18.8 Å². The van der Waals surface area contributed by atoms with Crippen LogP contribution >= 0.6 is 0 Å². The number of hydrogen-bond acceptors (Lipinski definition) is 9. The van der Waals surface area contributed by atoms with Crippen LogP contribution in [0.5, 0.6) is 11.5 Å². The van der Waals surface area contributed by atoms with Gasteiger partial charge in [-0.25, -0.2) is 24.9 Å². The normalized spacial score (nSPS) is 14.8. The number of ether oxygens (including phenoxy) is 1. The van der Waals surface area contributed by atoms with Crippen molar-refractivity contribution in [2.45, 2.75) is 19.4 Å². The van der Waals surface area contributed by atoms with E-state index in [1.54, 1.807) is 19.4 Å². The molecule has 0 saturated carbocycles. The zero-order chi connectivity index (χ0) is 24.2. The van der Waals surface area contributed by atoms with E-state index < -0.39 is 5.60 Å². The van der Waals surface area contributed by atoms with Gasteiger partial charge in [-0.2, -0.15) is 0 Å². The Kier molecular flexibility index (Phi) is 4.78. The second-order valence-corrected chi connectivity index (χ2v) is 9.19. The highest BCUT2D eigenvalue weighted by Crippen LogP contribution is 2.31. The van der Waals surface area contributed by atoms with E-state index >= 15 is 0 Å². The lowest BCUT2D eigenvalue weighted by atomic mass is 9.98. The molecule has 2 N–H and O–H groups in total. The molecule has 6 rings (SSSR count). The Hall–Kier alpha value is -4.31. The van der Waals surface area contributed by atoms with E-state index in [9.17, 15) is 5.11 Å². The lowest BCUT2D eigenvalue weighted by Gasteiger charge is -2.44. The largest absolute Gasteiger partial charge is 0.457 e. The number of rotatable bonds is 5. The molecule has 1 saturated heterocycles. The highest BCUT2D eigenvalue weighted by atomic mass is 16.5. The van der Waals surface area contributed by atoms with Crippen LogP contribution in [-0.2, 0) is 7.05 Å². The first-order valence-electron chi connectivity index (χ1n) is 11.3. The molecule has 10 nitrogen and oxygen atoms in total.